The van der Waals surface area contributed by atoms with E-state index in [1.54, 1.807) is 0 Å². The van der Waals surface area contributed by atoms with Gasteiger partial charge in [0.05, 0.1) is 11.0 Å². The quantitative estimate of drug-likeness (QED) is 0.789. The molecule has 0 saturated heterocycles. The molecule has 1 N–H and O–H groups in total. The molecule has 4 nitrogen and oxygen atoms in total. The highest BCUT2D eigenvalue weighted by Crippen LogP contribution is 2.19. The van der Waals surface area contributed by atoms with E-state index in [1.165, 1.54) is 11.1 Å². The lowest BCUT2D eigenvalue weighted by Gasteiger charge is -2.09. The first-order chi connectivity index (χ1) is 9.81. The summed E-state index contributed by atoms with van der Waals surface area (Å²) >= 11 is 0. The third kappa shape index (κ3) is 2.25. The molecule has 0 aliphatic heterocycles. The molecular weight excluding hydrogens is 248 g/mol. The minimum Gasteiger partial charge on any atom is -0.373 e. The van der Waals surface area contributed by atoms with Crippen molar-refractivity contribution >= 4 is 16.9 Å². The summed E-state index contributed by atoms with van der Waals surface area (Å²) in [7, 11) is 1.89. The Hall–Kier alpha value is -2.36. The number of rotatable bonds is 4. The summed E-state index contributed by atoms with van der Waals surface area (Å²) in [5, 5.41) is 3.08. The van der Waals surface area contributed by atoms with Crippen LogP contribution in [0.1, 0.15) is 18.3 Å². The van der Waals surface area contributed by atoms with Crippen LogP contribution < -0.4 is 5.32 Å². The second kappa shape index (κ2) is 5.33. The second-order valence-corrected chi connectivity index (χ2v) is 4.76. The Morgan fingerprint density at radius 3 is 2.85 bits per heavy atom. The molecule has 20 heavy (non-hydrogen) atoms. The third-order valence-electron chi connectivity index (χ3n) is 3.47. The van der Waals surface area contributed by atoms with Gasteiger partial charge in [-0.05, 0) is 29.8 Å². The highest BCUT2D eigenvalue weighted by atomic mass is 15.1. The number of anilines is 1. The number of pyridine rings is 1. The van der Waals surface area contributed by atoms with Crippen molar-refractivity contribution in [2.75, 3.05) is 12.4 Å². The van der Waals surface area contributed by atoms with Crippen LogP contribution in [0.25, 0.3) is 11.0 Å². The van der Waals surface area contributed by atoms with Gasteiger partial charge in [-0.2, -0.15) is 0 Å². The van der Waals surface area contributed by atoms with Crippen molar-refractivity contribution in [3.8, 4) is 0 Å². The fourth-order valence-corrected chi connectivity index (χ4v) is 2.46. The third-order valence-corrected chi connectivity index (χ3v) is 3.47. The number of benzene rings is 1. The van der Waals surface area contributed by atoms with Gasteiger partial charge in [0.15, 0.2) is 0 Å². The summed E-state index contributed by atoms with van der Waals surface area (Å²) < 4.78 is 2.28. The molecule has 3 rings (SSSR count). The molecule has 0 aliphatic carbocycles. The molecule has 1 aromatic carbocycles. The van der Waals surface area contributed by atoms with Crippen molar-refractivity contribution in [2.45, 2.75) is 19.9 Å². The Kier molecular flexibility index (Phi) is 3.37. The largest absolute Gasteiger partial charge is 0.373 e. The van der Waals surface area contributed by atoms with Crippen LogP contribution in [0, 0.1) is 0 Å². The number of hydrogen-bond donors (Lipinski definition) is 1. The maximum Gasteiger partial charge on any atom is 0.125 e. The van der Waals surface area contributed by atoms with Gasteiger partial charge in [-0.3, -0.25) is 0 Å². The van der Waals surface area contributed by atoms with Gasteiger partial charge in [-0.15, -0.1) is 0 Å². The molecule has 0 spiro atoms. The van der Waals surface area contributed by atoms with Crippen LogP contribution in [0.2, 0.25) is 0 Å². The fraction of sp³-hybridized carbons (Fsp3) is 0.250. The molecule has 4 heteroatoms. The number of nitrogens with one attached hydrogen (secondary N) is 1. The van der Waals surface area contributed by atoms with Gasteiger partial charge >= 0.3 is 0 Å². The van der Waals surface area contributed by atoms with E-state index in [2.05, 4.69) is 52.1 Å². The monoisotopic (exact) mass is 266 g/mol. The van der Waals surface area contributed by atoms with Crippen molar-refractivity contribution in [1.82, 2.24) is 14.5 Å². The number of fused-ring (bicyclic) bond motifs is 1. The molecule has 0 radical (unpaired) electrons. The van der Waals surface area contributed by atoms with Gasteiger partial charge in [0.25, 0.3) is 0 Å². The average molecular weight is 266 g/mol. The fourth-order valence-electron chi connectivity index (χ4n) is 2.46. The normalized spacial score (nSPS) is 10.9. The zero-order valence-corrected chi connectivity index (χ0v) is 11.8. The highest BCUT2D eigenvalue weighted by Gasteiger charge is 2.09. The Morgan fingerprint density at radius 1 is 1.20 bits per heavy atom. The summed E-state index contributed by atoms with van der Waals surface area (Å²) in [6.07, 6.45) is 2.77. The molecule has 0 atom stereocenters. The first-order valence-corrected chi connectivity index (χ1v) is 6.88. The summed E-state index contributed by atoms with van der Waals surface area (Å²) in [5.41, 5.74) is 3.47. The molecule has 102 valence electrons. The first kappa shape index (κ1) is 12.7. The number of para-hydroxylation sites is 2. The lowest BCUT2D eigenvalue weighted by molar-refractivity contribution is 0.752. The molecule has 0 unspecified atom stereocenters. The lowest BCUT2D eigenvalue weighted by Crippen LogP contribution is -2.05. The maximum absolute atomic E-state index is 4.70. The summed E-state index contributed by atoms with van der Waals surface area (Å²) in [6.45, 7) is 2.96. The van der Waals surface area contributed by atoms with E-state index in [0.717, 1.165) is 30.1 Å². The molecule has 3 aromatic rings. The Labute approximate surface area is 118 Å². The lowest BCUT2D eigenvalue weighted by atomic mass is 10.2. The number of aromatic nitrogens is 3. The van der Waals surface area contributed by atoms with Gasteiger partial charge in [0.1, 0.15) is 11.6 Å². The standard InChI is InChI=1S/C16H18N4/c1-3-16-19-13-6-4-5-7-14(13)20(16)11-12-8-9-18-15(10-12)17-2/h4-10H,3,11H2,1-2H3,(H,17,18). The maximum atomic E-state index is 4.70. The van der Waals surface area contributed by atoms with E-state index in [1.807, 2.05) is 19.3 Å². The van der Waals surface area contributed by atoms with Crippen LogP contribution >= 0.6 is 0 Å². The molecule has 0 saturated carbocycles. The summed E-state index contributed by atoms with van der Waals surface area (Å²) in [5.74, 6) is 2.01. The molecule has 0 fully saturated rings. The van der Waals surface area contributed by atoms with E-state index < -0.39 is 0 Å². The minimum absolute atomic E-state index is 0.820. The van der Waals surface area contributed by atoms with Crippen LogP contribution in [-0.2, 0) is 13.0 Å². The van der Waals surface area contributed by atoms with Crippen molar-refractivity contribution in [2.24, 2.45) is 0 Å². The number of nitrogens with zero attached hydrogens (tertiary/aromatic N) is 3. The van der Waals surface area contributed by atoms with E-state index in [4.69, 9.17) is 4.98 Å². The Bertz CT molecular complexity index is 730. The Morgan fingerprint density at radius 2 is 2.05 bits per heavy atom. The van der Waals surface area contributed by atoms with Crippen molar-refractivity contribution < 1.29 is 0 Å². The average Bonchev–Trinajstić information content (AvgIpc) is 2.85. The van der Waals surface area contributed by atoms with Gasteiger partial charge < -0.3 is 9.88 Å². The Balaban J connectivity index is 2.04. The van der Waals surface area contributed by atoms with E-state index in [0.29, 0.717) is 0 Å². The zero-order chi connectivity index (χ0) is 13.9. The van der Waals surface area contributed by atoms with E-state index in [-0.39, 0.29) is 0 Å². The van der Waals surface area contributed by atoms with E-state index in [9.17, 15) is 0 Å². The second-order valence-electron chi connectivity index (χ2n) is 4.76. The van der Waals surface area contributed by atoms with Crippen LogP contribution in [0.5, 0.6) is 0 Å². The molecule has 0 amide bonds. The number of aryl methyl sites for hydroxylation is 1. The number of hydrogen-bond acceptors (Lipinski definition) is 3. The predicted octanol–water partition coefficient (Wildman–Crippen LogP) is 3.08. The van der Waals surface area contributed by atoms with Crippen LogP contribution in [0.4, 0.5) is 5.82 Å². The van der Waals surface area contributed by atoms with Crippen molar-refractivity contribution in [3.05, 3.63) is 54.0 Å². The summed E-state index contributed by atoms with van der Waals surface area (Å²) in [4.78, 5) is 8.96. The van der Waals surface area contributed by atoms with Crippen LogP contribution in [0.15, 0.2) is 42.6 Å². The van der Waals surface area contributed by atoms with Crippen LogP contribution in [-0.4, -0.2) is 21.6 Å². The van der Waals surface area contributed by atoms with Crippen molar-refractivity contribution in [1.29, 1.82) is 0 Å². The highest BCUT2D eigenvalue weighted by molar-refractivity contribution is 5.76. The van der Waals surface area contributed by atoms with Gasteiger partial charge in [-0.1, -0.05) is 19.1 Å². The molecule has 2 aromatic heterocycles. The van der Waals surface area contributed by atoms with Gasteiger partial charge in [-0.25, -0.2) is 9.97 Å². The van der Waals surface area contributed by atoms with E-state index >= 15 is 0 Å². The molecule has 0 aliphatic rings. The zero-order valence-electron chi connectivity index (χ0n) is 11.8. The van der Waals surface area contributed by atoms with Gasteiger partial charge in [0, 0.05) is 26.2 Å². The van der Waals surface area contributed by atoms with Crippen molar-refractivity contribution in [3.63, 3.8) is 0 Å². The predicted molar refractivity (Wildman–Crippen MR) is 82.0 cm³/mol. The molecular formula is C16H18N4. The summed E-state index contributed by atoms with van der Waals surface area (Å²) in [6, 6.07) is 12.4. The smallest absolute Gasteiger partial charge is 0.125 e. The number of imidazole rings is 1. The first-order valence-electron chi connectivity index (χ1n) is 6.88. The van der Waals surface area contributed by atoms with Crippen LogP contribution in [0.3, 0.4) is 0 Å². The molecule has 0 bridgehead atoms. The topological polar surface area (TPSA) is 42.7 Å². The van der Waals surface area contributed by atoms with Gasteiger partial charge in [0.2, 0.25) is 0 Å². The minimum atomic E-state index is 0.820. The molecule has 2 heterocycles. The SMILES string of the molecule is CCc1nc2ccccc2n1Cc1ccnc(NC)c1.